The predicted octanol–water partition coefficient (Wildman–Crippen LogP) is 2.07. The molecule has 0 spiro atoms. The molecular formula is C11H10N2O. The summed E-state index contributed by atoms with van der Waals surface area (Å²) in [6.45, 7) is 5.16. The fraction of sp³-hybridized carbons (Fsp3) is 0.0909. The Labute approximate surface area is 82.7 Å². The van der Waals surface area contributed by atoms with Crippen molar-refractivity contribution in [3.8, 4) is 6.07 Å². The maximum absolute atomic E-state index is 11.2. The summed E-state index contributed by atoms with van der Waals surface area (Å²) < 4.78 is 0. The van der Waals surface area contributed by atoms with Crippen LogP contribution in [0.1, 0.15) is 12.5 Å². The van der Waals surface area contributed by atoms with Crippen molar-refractivity contribution < 1.29 is 4.79 Å². The molecule has 0 aliphatic carbocycles. The van der Waals surface area contributed by atoms with E-state index in [1.165, 1.54) is 0 Å². The van der Waals surface area contributed by atoms with Gasteiger partial charge in [-0.2, -0.15) is 5.26 Å². The molecule has 3 nitrogen and oxygen atoms in total. The maximum Gasteiger partial charge on any atom is 0.250 e. The maximum atomic E-state index is 11.2. The molecule has 14 heavy (non-hydrogen) atoms. The summed E-state index contributed by atoms with van der Waals surface area (Å²) in [5.74, 6) is -0.213. The highest BCUT2D eigenvalue weighted by Crippen LogP contribution is 2.09. The minimum atomic E-state index is -0.213. The van der Waals surface area contributed by atoms with E-state index in [9.17, 15) is 4.79 Å². The number of hydrogen-bond donors (Lipinski definition) is 1. The van der Waals surface area contributed by atoms with Gasteiger partial charge in [-0.1, -0.05) is 6.58 Å². The molecule has 0 atom stereocenters. The molecule has 0 aromatic heterocycles. The SMILES string of the molecule is C=C(C)C(=O)Nc1ccc(C#N)cc1. The standard InChI is InChI=1S/C11H10N2O/c1-8(2)11(14)13-10-5-3-9(7-12)4-6-10/h3-6H,1H2,2H3,(H,13,14). The number of nitriles is 1. The normalized spacial score (nSPS) is 8.86. The van der Waals surface area contributed by atoms with Crippen molar-refractivity contribution in [2.75, 3.05) is 5.32 Å². The van der Waals surface area contributed by atoms with Crippen LogP contribution in [0.3, 0.4) is 0 Å². The summed E-state index contributed by atoms with van der Waals surface area (Å²) >= 11 is 0. The Morgan fingerprint density at radius 1 is 1.43 bits per heavy atom. The molecule has 3 heteroatoms. The Hall–Kier alpha value is -2.08. The third-order valence-electron chi connectivity index (χ3n) is 1.66. The molecule has 0 aliphatic heterocycles. The molecule has 70 valence electrons. The minimum Gasteiger partial charge on any atom is -0.322 e. The van der Waals surface area contributed by atoms with Gasteiger partial charge in [0.25, 0.3) is 5.91 Å². The average Bonchev–Trinajstić information content (AvgIpc) is 2.19. The molecule has 0 saturated carbocycles. The lowest BCUT2D eigenvalue weighted by molar-refractivity contribution is -0.112. The average molecular weight is 186 g/mol. The minimum absolute atomic E-state index is 0.213. The van der Waals surface area contributed by atoms with E-state index in [0.717, 1.165) is 0 Å². The monoisotopic (exact) mass is 186 g/mol. The molecule has 1 rings (SSSR count). The van der Waals surface area contributed by atoms with E-state index in [0.29, 0.717) is 16.8 Å². The lowest BCUT2D eigenvalue weighted by Crippen LogP contribution is -2.11. The molecule has 1 aromatic carbocycles. The van der Waals surface area contributed by atoms with E-state index in [2.05, 4.69) is 11.9 Å². The summed E-state index contributed by atoms with van der Waals surface area (Å²) in [5, 5.41) is 11.2. The highest BCUT2D eigenvalue weighted by Gasteiger charge is 2.01. The molecule has 0 fully saturated rings. The zero-order valence-electron chi connectivity index (χ0n) is 7.87. The van der Waals surface area contributed by atoms with Crippen LogP contribution in [0.2, 0.25) is 0 Å². The summed E-state index contributed by atoms with van der Waals surface area (Å²) in [5.41, 5.74) is 1.68. The lowest BCUT2D eigenvalue weighted by atomic mass is 10.2. The highest BCUT2D eigenvalue weighted by molar-refractivity contribution is 6.02. The Balaban J connectivity index is 2.75. The second-order valence-corrected chi connectivity index (χ2v) is 2.92. The van der Waals surface area contributed by atoms with E-state index in [4.69, 9.17) is 5.26 Å². The van der Waals surface area contributed by atoms with Crippen molar-refractivity contribution in [3.05, 3.63) is 42.0 Å². The molecule has 0 radical (unpaired) electrons. The fourth-order valence-corrected chi connectivity index (χ4v) is 0.866. The first-order valence-electron chi connectivity index (χ1n) is 4.10. The number of nitrogens with one attached hydrogen (secondary N) is 1. The Bertz CT molecular complexity index is 398. The number of rotatable bonds is 2. The van der Waals surface area contributed by atoms with E-state index in [1.807, 2.05) is 6.07 Å². The quantitative estimate of drug-likeness (QED) is 0.719. The second-order valence-electron chi connectivity index (χ2n) is 2.92. The molecule has 1 amide bonds. The van der Waals surface area contributed by atoms with E-state index < -0.39 is 0 Å². The van der Waals surface area contributed by atoms with Gasteiger partial charge in [-0.25, -0.2) is 0 Å². The molecule has 0 unspecified atom stereocenters. The number of carbonyl (C=O) groups excluding carboxylic acids is 1. The number of anilines is 1. The molecule has 0 saturated heterocycles. The van der Waals surface area contributed by atoms with E-state index in [-0.39, 0.29) is 5.91 Å². The van der Waals surface area contributed by atoms with Crippen LogP contribution < -0.4 is 5.32 Å². The van der Waals surface area contributed by atoms with Crippen LogP contribution in [0.4, 0.5) is 5.69 Å². The van der Waals surface area contributed by atoms with Crippen molar-refractivity contribution in [1.82, 2.24) is 0 Å². The van der Waals surface area contributed by atoms with E-state index >= 15 is 0 Å². The number of amides is 1. The molecule has 0 heterocycles. The van der Waals surface area contributed by atoms with Gasteiger partial charge >= 0.3 is 0 Å². The molecule has 0 bridgehead atoms. The summed E-state index contributed by atoms with van der Waals surface area (Å²) in [6.07, 6.45) is 0. The fourth-order valence-electron chi connectivity index (χ4n) is 0.866. The van der Waals surface area contributed by atoms with Crippen molar-refractivity contribution >= 4 is 11.6 Å². The van der Waals surface area contributed by atoms with Crippen LogP contribution in [0.25, 0.3) is 0 Å². The first kappa shape index (κ1) is 10.0. The second kappa shape index (κ2) is 4.24. The molecule has 0 aliphatic rings. The zero-order valence-corrected chi connectivity index (χ0v) is 7.87. The number of benzene rings is 1. The van der Waals surface area contributed by atoms with Crippen LogP contribution in [0.5, 0.6) is 0 Å². The van der Waals surface area contributed by atoms with Gasteiger partial charge < -0.3 is 5.32 Å². The topological polar surface area (TPSA) is 52.9 Å². The van der Waals surface area contributed by atoms with Gasteiger partial charge in [-0.3, -0.25) is 4.79 Å². The highest BCUT2D eigenvalue weighted by atomic mass is 16.1. The molecule has 1 aromatic rings. The molecular weight excluding hydrogens is 176 g/mol. The third-order valence-corrected chi connectivity index (χ3v) is 1.66. The summed E-state index contributed by atoms with van der Waals surface area (Å²) in [7, 11) is 0. The first-order chi connectivity index (χ1) is 6.63. The van der Waals surface area contributed by atoms with Crippen molar-refractivity contribution in [3.63, 3.8) is 0 Å². The largest absolute Gasteiger partial charge is 0.322 e. The third kappa shape index (κ3) is 2.46. The Morgan fingerprint density at radius 3 is 2.43 bits per heavy atom. The van der Waals surface area contributed by atoms with Crippen LogP contribution in [-0.2, 0) is 4.79 Å². The Morgan fingerprint density at radius 2 is 2.00 bits per heavy atom. The van der Waals surface area contributed by atoms with Gasteiger partial charge in [0.05, 0.1) is 11.6 Å². The van der Waals surface area contributed by atoms with Gasteiger partial charge in [0, 0.05) is 11.3 Å². The van der Waals surface area contributed by atoms with Gasteiger partial charge in [-0.15, -0.1) is 0 Å². The Kier molecular flexibility index (Phi) is 3.03. The predicted molar refractivity (Wildman–Crippen MR) is 54.6 cm³/mol. The van der Waals surface area contributed by atoms with Crippen molar-refractivity contribution in [2.24, 2.45) is 0 Å². The smallest absolute Gasteiger partial charge is 0.250 e. The van der Waals surface area contributed by atoms with Crippen molar-refractivity contribution in [2.45, 2.75) is 6.92 Å². The van der Waals surface area contributed by atoms with Crippen LogP contribution in [0.15, 0.2) is 36.4 Å². The lowest BCUT2D eigenvalue weighted by Gasteiger charge is -2.03. The van der Waals surface area contributed by atoms with Crippen LogP contribution in [0, 0.1) is 11.3 Å². The van der Waals surface area contributed by atoms with Gasteiger partial charge in [0.1, 0.15) is 0 Å². The van der Waals surface area contributed by atoms with Gasteiger partial charge in [0.15, 0.2) is 0 Å². The molecule has 1 N–H and O–H groups in total. The number of nitrogens with zero attached hydrogens (tertiary/aromatic N) is 1. The van der Waals surface area contributed by atoms with Crippen LogP contribution >= 0.6 is 0 Å². The van der Waals surface area contributed by atoms with E-state index in [1.54, 1.807) is 31.2 Å². The number of hydrogen-bond acceptors (Lipinski definition) is 2. The van der Waals surface area contributed by atoms with Crippen molar-refractivity contribution in [1.29, 1.82) is 5.26 Å². The zero-order chi connectivity index (χ0) is 10.6. The van der Waals surface area contributed by atoms with Gasteiger partial charge in [-0.05, 0) is 31.2 Å². The van der Waals surface area contributed by atoms with Gasteiger partial charge in [0.2, 0.25) is 0 Å². The number of carbonyl (C=O) groups is 1. The first-order valence-corrected chi connectivity index (χ1v) is 4.10. The van der Waals surface area contributed by atoms with Crippen LogP contribution in [-0.4, -0.2) is 5.91 Å². The summed E-state index contributed by atoms with van der Waals surface area (Å²) in [6, 6.07) is 8.65. The summed E-state index contributed by atoms with van der Waals surface area (Å²) in [4.78, 5) is 11.2.